The highest BCUT2D eigenvalue weighted by Gasteiger charge is 2.34. The summed E-state index contributed by atoms with van der Waals surface area (Å²) in [4.78, 5) is 12.6. The molecule has 0 saturated carbocycles. The molecule has 2 aliphatic heterocycles. The van der Waals surface area contributed by atoms with E-state index >= 15 is 0 Å². The van der Waals surface area contributed by atoms with Gasteiger partial charge < -0.3 is 20.4 Å². The zero-order valence-electron chi connectivity index (χ0n) is 20.6. The van der Waals surface area contributed by atoms with Gasteiger partial charge in [-0.3, -0.25) is 4.21 Å². The highest BCUT2D eigenvalue weighted by Crippen LogP contribution is 2.37. The Balaban J connectivity index is 1.42. The van der Waals surface area contributed by atoms with Crippen LogP contribution in [0.3, 0.4) is 0 Å². The van der Waals surface area contributed by atoms with E-state index < -0.39 is 22.4 Å². The quantitative estimate of drug-likeness (QED) is 0.424. The Morgan fingerprint density at radius 1 is 1.08 bits per heavy atom. The summed E-state index contributed by atoms with van der Waals surface area (Å²) < 4.78 is 12.9. The van der Waals surface area contributed by atoms with Gasteiger partial charge in [0.1, 0.15) is 16.5 Å². The van der Waals surface area contributed by atoms with Gasteiger partial charge in [0.05, 0.1) is 28.1 Å². The van der Waals surface area contributed by atoms with Gasteiger partial charge in [-0.15, -0.1) is 9.24 Å². The molecule has 5 rings (SSSR count). The number of piperidine rings is 1. The van der Waals surface area contributed by atoms with Crippen molar-refractivity contribution < 1.29 is 14.4 Å². The molecule has 0 radical (unpaired) electrons. The van der Waals surface area contributed by atoms with Gasteiger partial charge in [0.25, 0.3) is 0 Å². The molecule has 2 aliphatic rings. The lowest BCUT2D eigenvalue weighted by Gasteiger charge is -2.34. The molecule has 9 heteroatoms. The van der Waals surface area contributed by atoms with Gasteiger partial charge >= 0.3 is 0 Å². The number of anilines is 2. The summed E-state index contributed by atoms with van der Waals surface area (Å²) in [6.07, 6.45) is 2.59. The first-order valence-corrected chi connectivity index (χ1v) is 14.3. The smallest absolute Gasteiger partial charge is 0.227 e. The molecule has 0 bridgehead atoms. The maximum atomic E-state index is 12.9. The lowest BCUT2D eigenvalue weighted by molar-refractivity contribution is 0.0587. The van der Waals surface area contributed by atoms with Crippen LogP contribution in [0.25, 0.3) is 0 Å². The van der Waals surface area contributed by atoms with E-state index in [-0.39, 0.29) is 5.75 Å². The second kappa shape index (κ2) is 10.1. The molecule has 3 aromatic rings. The summed E-state index contributed by atoms with van der Waals surface area (Å²) in [5.41, 5.74) is 1.92. The van der Waals surface area contributed by atoms with Crippen LogP contribution in [-0.2, 0) is 17.2 Å². The Labute approximate surface area is 217 Å². The number of fused-ring (bicyclic) bond motifs is 1. The number of phenols is 1. The van der Waals surface area contributed by atoms with Gasteiger partial charge in [-0.05, 0) is 61.2 Å². The molecule has 0 aliphatic carbocycles. The maximum Gasteiger partial charge on any atom is 0.227 e. The van der Waals surface area contributed by atoms with Crippen molar-refractivity contribution >= 4 is 37.1 Å². The zero-order chi connectivity index (χ0) is 25.4. The summed E-state index contributed by atoms with van der Waals surface area (Å²) in [7, 11) is 1.51. The van der Waals surface area contributed by atoms with Gasteiger partial charge in [0.2, 0.25) is 5.95 Å². The number of aliphatic hydroxyl groups is 1. The number of aryl methyl sites for hydroxylation is 1. The van der Waals surface area contributed by atoms with E-state index in [4.69, 9.17) is 9.97 Å². The number of benzene rings is 2. The van der Waals surface area contributed by atoms with E-state index in [0.29, 0.717) is 34.8 Å². The van der Waals surface area contributed by atoms with Crippen LogP contribution in [0.15, 0.2) is 53.4 Å². The number of rotatable bonds is 6. The normalized spacial score (nSPS) is 19.2. The lowest BCUT2D eigenvalue weighted by atomic mass is 9.89. The van der Waals surface area contributed by atoms with Gasteiger partial charge in [-0.1, -0.05) is 36.4 Å². The Morgan fingerprint density at radius 3 is 2.39 bits per heavy atom. The summed E-state index contributed by atoms with van der Waals surface area (Å²) in [5.74, 6) is 2.46. The van der Waals surface area contributed by atoms with Crippen LogP contribution in [0, 0.1) is 0 Å². The molecule has 1 aromatic heterocycles. The monoisotopic (exact) mass is 524 g/mol. The Kier molecular flexibility index (Phi) is 7.03. The van der Waals surface area contributed by atoms with E-state index in [1.807, 2.05) is 36.4 Å². The third-order valence-electron chi connectivity index (χ3n) is 7.08. The molecule has 7 nitrogen and oxygen atoms in total. The molecule has 0 spiro atoms. The van der Waals surface area contributed by atoms with E-state index in [2.05, 4.69) is 19.5 Å². The molecule has 190 valence electrons. The highest BCUT2D eigenvalue weighted by molar-refractivity contribution is 7.85. The van der Waals surface area contributed by atoms with E-state index in [9.17, 15) is 14.4 Å². The van der Waals surface area contributed by atoms with Crippen LogP contribution in [-0.4, -0.2) is 48.8 Å². The molecule has 3 atom stereocenters. The van der Waals surface area contributed by atoms with Crippen LogP contribution in [0.2, 0.25) is 0 Å². The van der Waals surface area contributed by atoms with Crippen molar-refractivity contribution in [1.82, 2.24) is 9.97 Å². The van der Waals surface area contributed by atoms with Crippen molar-refractivity contribution in [2.24, 2.45) is 0 Å². The van der Waals surface area contributed by atoms with Gasteiger partial charge in [-0.2, -0.15) is 4.98 Å². The predicted octanol–water partition coefficient (Wildman–Crippen LogP) is 3.65. The van der Waals surface area contributed by atoms with Crippen LogP contribution >= 0.6 is 9.24 Å². The molecule has 1 fully saturated rings. The van der Waals surface area contributed by atoms with Gasteiger partial charge in [-0.25, -0.2) is 4.98 Å². The Bertz CT molecular complexity index is 1250. The number of aromatic nitrogens is 2. The third kappa shape index (κ3) is 5.26. The number of phenolic OH excluding ortho intramolecular Hbond substituents is 1. The van der Waals surface area contributed by atoms with Crippen LogP contribution in [0.4, 0.5) is 11.8 Å². The summed E-state index contributed by atoms with van der Waals surface area (Å²) in [5, 5.41) is 25.1. The SMILES string of the molecule is CC(C)(O)C(Nc1nc(N2CCC(c3ccc(O)cc3)CC2)nc2c1S(=O)CC2)c1ccc(P)cc1. The van der Waals surface area contributed by atoms with E-state index in [1.54, 1.807) is 26.0 Å². The van der Waals surface area contributed by atoms with Crippen molar-refractivity contribution in [1.29, 1.82) is 0 Å². The maximum absolute atomic E-state index is 12.9. The first-order valence-electron chi connectivity index (χ1n) is 12.4. The fraction of sp³-hybridized carbons (Fsp3) is 0.407. The van der Waals surface area contributed by atoms with Crippen LogP contribution in [0.1, 0.15) is 55.5 Å². The van der Waals surface area contributed by atoms with Gasteiger partial charge in [0, 0.05) is 25.3 Å². The largest absolute Gasteiger partial charge is 0.508 e. The fourth-order valence-corrected chi connectivity index (χ4v) is 6.58. The van der Waals surface area contributed by atoms with Crippen molar-refractivity contribution in [2.75, 3.05) is 29.1 Å². The fourth-order valence-electron chi connectivity index (χ4n) is 5.08. The number of hydrogen-bond donors (Lipinski definition) is 3. The van der Waals surface area contributed by atoms with Crippen molar-refractivity contribution in [3.05, 3.63) is 65.4 Å². The molecule has 3 unspecified atom stereocenters. The molecule has 3 N–H and O–H groups in total. The topological polar surface area (TPSA) is 98.6 Å². The minimum Gasteiger partial charge on any atom is -0.508 e. The molecule has 36 heavy (non-hydrogen) atoms. The van der Waals surface area contributed by atoms with Crippen LogP contribution < -0.4 is 15.5 Å². The average Bonchev–Trinajstić information content (AvgIpc) is 3.24. The third-order valence-corrected chi connectivity index (χ3v) is 8.92. The number of hydrogen-bond acceptors (Lipinski definition) is 7. The van der Waals surface area contributed by atoms with Crippen molar-refractivity contribution in [2.45, 2.75) is 55.6 Å². The highest BCUT2D eigenvalue weighted by atomic mass is 32.2. The van der Waals surface area contributed by atoms with Crippen molar-refractivity contribution in [3.8, 4) is 5.75 Å². The van der Waals surface area contributed by atoms with Crippen LogP contribution in [0.5, 0.6) is 5.75 Å². The minimum atomic E-state index is -1.17. The Morgan fingerprint density at radius 2 is 1.75 bits per heavy atom. The van der Waals surface area contributed by atoms with Gasteiger partial charge in [0.15, 0.2) is 0 Å². The molecule has 0 amide bonds. The number of nitrogens with one attached hydrogen (secondary N) is 1. The number of nitrogens with zero attached hydrogens (tertiary/aromatic N) is 3. The first kappa shape index (κ1) is 25.1. The standard InChI is InChI=1S/C27H33N4O3PS/c1-27(2,33)24(19-5-9-21(35)10-6-19)29-25-23-22(13-16-36(23)34)28-26(30-25)31-14-11-18(12-15-31)17-3-7-20(32)8-4-17/h3-10,18,24,32-33H,11-16,35H2,1-2H3,(H,28,29,30). The molecular formula is C27H33N4O3PS. The second-order valence-corrected chi connectivity index (χ2v) is 12.4. The summed E-state index contributed by atoms with van der Waals surface area (Å²) in [6, 6.07) is 15.0. The zero-order valence-corrected chi connectivity index (χ0v) is 22.6. The molecule has 1 saturated heterocycles. The first-order chi connectivity index (χ1) is 17.2. The van der Waals surface area contributed by atoms with E-state index in [0.717, 1.165) is 42.5 Å². The van der Waals surface area contributed by atoms with Crippen molar-refractivity contribution in [3.63, 3.8) is 0 Å². The molecular weight excluding hydrogens is 491 g/mol. The lowest BCUT2D eigenvalue weighted by Crippen LogP contribution is -2.36. The second-order valence-electron chi connectivity index (χ2n) is 10.2. The minimum absolute atomic E-state index is 0.286. The summed E-state index contributed by atoms with van der Waals surface area (Å²) >= 11 is 0. The number of aromatic hydroxyl groups is 1. The average molecular weight is 525 g/mol. The molecule has 2 aromatic carbocycles. The predicted molar refractivity (Wildman–Crippen MR) is 148 cm³/mol. The van der Waals surface area contributed by atoms with E-state index in [1.165, 1.54) is 5.56 Å². The Hall–Kier alpha value is -2.54. The molecule has 3 heterocycles. The summed E-state index contributed by atoms with van der Waals surface area (Å²) in [6.45, 7) is 5.17.